The van der Waals surface area contributed by atoms with Crippen LogP contribution in [0.25, 0.3) is 0 Å². The SMILES string of the molecule is CN=C(NCc1sc(C)nc1C)NC(C)c1cc(OC)ccc1OC.I. The third-order valence-electron chi connectivity index (χ3n) is 3.90. The molecule has 0 aliphatic rings. The first-order chi connectivity index (χ1) is 12.0. The number of methoxy groups -OCH3 is 2. The molecule has 2 aromatic rings. The van der Waals surface area contributed by atoms with Crippen LogP contribution in [0, 0.1) is 13.8 Å². The molecule has 0 aliphatic carbocycles. The van der Waals surface area contributed by atoms with Gasteiger partial charge >= 0.3 is 0 Å². The van der Waals surface area contributed by atoms with Gasteiger partial charge in [-0.2, -0.15) is 0 Å². The Morgan fingerprint density at radius 2 is 2.00 bits per heavy atom. The highest BCUT2D eigenvalue weighted by Gasteiger charge is 2.15. The van der Waals surface area contributed by atoms with Gasteiger partial charge in [0.25, 0.3) is 0 Å². The molecule has 144 valence electrons. The van der Waals surface area contributed by atoms with Gasteiger partial charge in [-0.05, 0) is 39.0 Å². The first-order valence-electron chi connectivity index (χ1n) is 8.10. The highest BCUT2D eigenvalue weighted by Crippen LogP contribution is 2.29. The van der Waals surface area contributed by atoms with E-state index in [9.17, 15) is 0 Å². The normalized spacial score (nSPS) is 12.2. The summed E-state index contributed by atoms with van der Waals surface area (Å²) in [6, 6.07) is 5.77. The first-order valence-corrected chi connectivity index (χ1v) is 8.92. The van der Waals surface area contributed by atoms with Crippen LogP contribution in [-0.2, 0) is 6.54 Å². The summed E-state index contributed by atoms with van der Waals surface area (Å²) in [7, 11) is 5.08. The zero-order chi connectivity index (χ0) is 18.4. The number of halogens is 1. The van der Waals surface area contributed by atoms with E-state index in [4.69, 9.17) is 9.47 Å². The van der Waals surface area contributed by atoms with E-state index < -0.39 is 0 Å². The number of guanidine groups is 1. The van der Waals surface area contributed by atoms with Gasteiger partial charge in [-0.15, -0.1) is 35.3 Å². The average Bonchev–Trinajstić information content (AvgIpc) is 2.94. The minimum Gasteiger partial charge on any atom is -0.497 e. The van der Waals surface area contributed by atoms with Gasteiger partial charge in [0.2, 0.25) is 0 Å². The van der Waals surface area contributed by atoms with Crippen LogP contribution >= 0.6 is 35.3 Å². The molecule has 1 atom stereocenters. The largest absolute Gasteiger partial charge is 0.497 e. The molecular formula is C18H27IN4O2S. The van der Waals surface area contributed by atoms with Crippen LogP contribution in [0.1, 0.15) is 34.1 Å². The lowest BCUT2D eigenvalue weighted by Crippen LogP contribution is -2.38. The van der Waals surface area contributed by atoms with Crippen molar-refractivity contribution in [3.8, 4) is 11.5 Å². The Hall–Kier alpha value is -1.55. The minimum atomic E-state index is 0. The van der Waals surface area contributed by atoms with Gasteiger partial charge < -0.3 is 20.1 Å². The molecule has 26 heavy (non-hydrogen) atoms. The van der Waals surface area contributed by atoms with Crippen molar-refractivity contribution in [2.75, 3.05) is 21.3 Å². The maximum Gasteiger partial charge on any atom is 0.191 e. The highest BCUT2D eigenvalue weighted by molar-refractivity contribution is 14.0. The monoisotopic (exact) mass is 490 g/mol. The Labute approximate surface area is 176 Å². The number of nitrogens with one attached hydrogen (secondary N) is 2. The molecule has 0 spiro atoms. The van der Waals surface area contributed by atoms with Crippen molar-refractivity contribution in [3.63, 3.8) is 0 Å². The van der Waals surface area contributed by atoms with E-state index in [2.05, 4.69) is 27.5 Å². The van der Waals surface area contributed by atoms with Crippen LogP contribution in [0.2, 0.25) is 0 Å². The maximum atomic E-state index is 5.47. The fraction of sp³-hybridized carbons (Fsp3) is 0.444. The predicted octanol–water partition coefficient (Wildman–Crippen LogP) is 3.82. The van der Waals surface area contributed by atoms with Crippen LogP contribution in [0.3, 0.4) is 0 Å². The molecule has 8 heteroatoms. The van der Waals surface area contributed by atoms with Crippen molar-refractivity contribution in [1.82, 2.24) is 15.6 Å². The second kappa shape index (κ2) is 10.6. The molecule has 2 rings (SSSR count). The topological polar surface area (TPSA) is 67.8 Å². The molecular weight excluding hydrogens is 463 g/mol. The quantitative estimate of drug-likeness (QED) is 0.366. The second-order valence-electron chi connectivity index (χ2n) is 5.64. The standard InChI is InChI=1S/C18H26N4O2S.HI/c1-11(15-9-14(23-5)7-8-16(15)24-6)22-18(19-4)20-10-17-12(2)21-13(3)25-17;/h7-9,11H,10H2,1-6H3,(H2,19,20,22);1H. The van der Waals surface area contributed by atoms with Crippen molar-refractivity contribution in [1.29, 1.82) is 0 Å². The lowest BCUT2D eigenvalue weighted by Gasteiger charge is -2.20. The third-order valence-corrected chi connectivity index (χ3v) is 4.97. The summed E-state index contributed by atoms with van der Waals surface area (Å²) < 4.78 is 10.8. The van der Waals surface area contributed by atoms with Crippen LogP contribution in [0.5, 0.6) is 11.5 Å². The highest BCUT2D eigenvalue weighted by atomic mass is 127. The number of benzene rings is 1. The molecule has 2 N–H and O–H groups in total. The van der Waals surface area contributed by atoms with Crippen LogP contribution in [-0.4, -0.2) is 32.2 Å². The molecule has 1 heterocycles. The maximum absolute atomic E-state index is 5.47. The summed E-state index contributed by atoms with van der Waals surface area (Å²) in [5.74, 6) is 2.33. The van der Waals surface area contributed by atoms with Crippen molar-refractivity contribution < 1.29 is 9.47 Å². The summed E-state index contributed by atoms with van der Waals surface area (Å²) in [5.41, 5.74) is 2.07. The lowest BCUT2D eigenvalue weighted by molar-refractivity contribution is 0.394. The van der Waals surface area contributed by atoms with Crippen molar-refractivity contribution in [2.24, 2.45) is 4.99 Å². The van der Waals surface area contributed by atoms with Crippen LogP contribution < -0.4 is 20.1 Å². The van der Waals surface area contributed by atoms with E-state index in [1.807, 2.05) is 32.0 Å². The number of hydrogen-bond donors (Lipinski definition) is 2. The Kier molecular flexibility index (Phi) is 9.14. The second-order valence-corrected chi connectivity index (χ2v) is 6.93. The summed E-state index contributed by atoms with van der Waals surface area (Å²) in [6.07, 6.45) is 0. The van der Waals surface area contributed by atoms with E-state index in [1.54, 1.807) is 32.6 Å². The van der Waals surface area contributed by atoms with E-state index in [0.717, 1.165) is 33.7 Å². The zero-order valence-electron chi connectivity index (χ0n) is 16.0. The molecule has 0 radical (unpaired) electrons. The number of nitrogens with zero attached hydrogens (tertiary/aromatic N) is 2. The molecule has 1 aromatic heterocycles. The number of aromatic nitrogens is 1. The molecule has 1 aromatic carbocycles. The molecule has 0 bridgehead atoms. The van der Waals surface area contributed by atoms with E-state index in [1.165, 1.54) is 4.88 Å². The number of hydrogen-bond acceptors (Lipinski definition) is 5. The molecule has 6 nitrogen and oxygen atoms in total. The third kappa shape index (κ3) is 5.73. The van der Waals surface area contributed by atoms with Crippen molar-refractivity contribution in [2.45, 2.75) is 33.4 Å². The Morgan fingerprint density at radius 3 is 2.54 bits per heavy atom. The number of aliphatic imine (C=N–C) groups is 1. The Bertz CT molecular complexity index is 749. The van der Waals surface area contributed by atoms with Gasteiger partial charge in [0.15, 0.2) is 5.96 Å². The molecule has 0 amide bonds. The summed E-state index contributed by atoms with van der Waals surface area (Å²) in [4.78, 5) is 9.98. The molecule has 1 unspecified atom stereocenters. The van der Waals surface area contributed by atoms with Gasteiger partial charge in [0, 0.05) is 17.5 Å². The smallest absolute Gasteiger partial charge is 0.191 e. The van der Waals surface area contributed by atoms with Gasteiger partial charge in [-0.3, -0.25) is 4.99 Å². The van der Waals surface area contributed by atoms with Crippen molar-refractivity contribution in [3.05, 3.63) is 39.3 Å². The number of rotatable bonds is 6. The average molecular weight is 490 g/mol. The lowest BCUT2D eigenvalue weighted by atomic mass is 10.1. The van der Waals surface area contributed by atoms with E-state index in [-0.39, 0.29) is 30.0 Å². The molecule has 0 saturated carbocycles. The number of aryl methyl sites for hydroxylation is 2. The number of ether oxygens (including phenoxy) is 2. The van der Waals surface area contributed by atoms with Crippen LogP contribution in [0.4, 0.5) is 0 Å². The number of thiazole rings is 1. The summed E-state index contributed by atoms with van der Waals surface area (Å²) in [5, 5.41) is 7.81. The fourth-order valence-electron chi connectivity index (χ4n) is 2.56. The van der Waals surface area contributed by atoms with E-state index in [0.29, 0.717) is 6.54 Å². The first kappa shape index (κ1) is 22.5. The summed E-state index contributed by atoms with van der Waals surface area (Å²) in [6.45, 7) is 6.80. The molecule has 0 saturated heterocycles. The van der Waals surface area contributed by atoms with Gasteiger partial charge in [-0.1, -0.05) is 0 Å². The van der Waals surface area contributed by atoms with Crippen molar-refractivity contribution >= 4 is 41.3 Å². The van der Waals surface area contributed by atoms with Gasteiger partial charge in [-0.25, -0.2) is 4.98 Å². The van der Waals surface area contributed by atoms with Crippen LogP contribution in [0.15, 0.2) is 23.2 Å². The fourth-order valence-corrected chi connectivity index (χ4v) is 3.43. The summed E-state index contributed by atoms with van der Waals surface area (Å²) >= 11 is 1.70. The predicted molar refractivity (Wildman–Crippen MR) is 118 cm³/mol. The Balaban J connectivity index is 0.00000338. The minimum absolute atomic E-state index is 0. The van der Waals surface area contributed by atoms with Gasteiger partial charge in [0.1, 0.15) is 11.5 Å². The van der Waals surface area contributed by atoms with E-state index >= 15 is 0 Å². The van der Waals surface area contributed by atoms with Gasteiger partial charge in [0.05, 0.1) is 37.5 Å². The molecule has 0 fully saturated rings. The molecule has 0 aliphatic heterocycles. The zero-order valence-corrected chi connectivity index (χ0v) is 19.2. The Morgan fingerprint density at radius 1 is 1.27 bits per heavy atom.